The van der Waals surface area contributed by atoms with Gasteiger partial charge >= 0.3 is 0 Å². The molecule has 3 rings (SSSR count). The average Bonchev–Trinajstić information content (AvgIpc) is 2.68. The molecular weight excluding hydrogens is 344 g/mol. The van der Waals surface area contributed by atoms with Crippen molar-refractivity contribution in [3.8, 4) is 0 Å². The van der Waals surface area contributed by atoms with Gasteiger partial charge < -0.3 is 10.2 Å². The molecule has 2 aromatic rings. The minimum absolute atomic E-state index is 0.0386. The van der Waals surface area contributed by atoms with Crippen LogP contribution in [0.1, 0.15) is 63.3 Å². The summed E-state index contributed by atoms with van der Waals surface area (Å²) >= 11 is 0. The van der Waals surface area contributed by atoms with Crippen molar-refractivity contribution < 1.29 is 4.79 Å². The number of rotatable bonds is 4. The van der Waals surface area contributed by atoms with Crippen LogP contribution in [0, 0.1) is 12.8 Å². The van der Waals surface area contributed by atoms with Gasteiger partial charge in [-0.3, -0.25) is 4.79 Å². The molecule has 1 aliphatic rings. The first kappa shape index (κ1) is 20.4. The fourth-order valence-electron chi connectivity index (χ4n) is 3.84. The van der Waals surface area contributed by atoms with Crippen LogP contribution < -0.4 is 10.2 Å². The zero-order chi connectivity index (χ0) is 20.3. The molecule has 2 aromatic carbocycles. The van der Waals surface area contributed by atoms with Gasteiger partial charge in [0.05, 0.1) is 6.04 Å². The molecule has 150 valence electrons. The Hall–Kier alpha value is -2.29. The molecule has 1 heterocycles. The molecule has 1 amide bonds. The van der Waals surface area contributed by atoms with Gasteiger partial charge in [-0.05, 0) is 55.4 Å². The van der Waals surface area contributed by atoms with Crippen molar-refractivity contribution in [2.45, 2.75) is 58.9 Å². The Bertz CT molecular complexity index is 779. The van der Waals surface area contributed by atoms with Gasteiger partial charge in [-0.1, -0.05) is 62.7 Å². The van der Waals surface area contributed by atoms with Crippen LogP contribution in [0.25, 0.3) is 0 Å². The van der Waals surface area contributed by atoms with E-state index in [2.05, 4.69) is 93.4 Å². The number of hydrogen-bond acceptors (Lipinski definition) is 2. The molecule has 0 saturated carbocycles. The molecule has 1 fully saturated rings. The van der Waals surface area contributed by atoms with Crippen molar-refractivity contribution in [3.05, 3.63) is 65.2 Å². The second-order valence-electron chi connectivity index (χ2n) is 9.20. The Labute approximate surface area is 170 Å². The molecule has 0 radical (unpaired) electrons. The first-order chi connectivity index (χ1) is 13.2. The lowest BCUT2D eigenvalue weighted by Crippen LogP contribution is -2.41. The van der Waals surface area contributed by atoms with Crippen LogP contribution in [0.2, 0.25) is 0 Å². The van der Waals surface area contributed by atoms with Gasteiger partial charge in [0.2, 0.25) is 5.91 Å². The zero-order valence-electron chi connectivity index (χ0n) is 18.0. The fourth-order valence-corrected chi connectivity index (χ4v) is 3.84. The van der Waals surface area contributed by atoms with Crippen molar-refractivity contribution >= 4 is 11.6 Å². The first-order valence-electron chi connectivity index (χ1n) is 10.5. The minimum Gasteiger partial charge on any atom is -0.371 e. The maximum Gasteiger partial charge on any atom is 0.223 e. The third-order valence-corrected chi connectivity index (χ3v) is 5.90. The number of anilines is 1. The van der Waals surface area contributed by atoms with E-state index >= 15 is 0 Å². The molecule has 0 aliphatic carbocycles. The molecule has 28 heavy (non-hydrogen) atoms. The van der Waals surface area contributed by atoms with E-state index in [1.165, 1.54) is 22.4 Å². The van der Waals surface area contributed by atoms with Crippen LogP contribution in [0.15, 0.2) is 48.5 Å². The first-order valence-corrected chi connectivity index (χ1v) is 10.5. The highest BCUT2D eigenvalue weighted by Gasteiger charge is 2.26. The topological polar surface area (TPSA) is 32.3 Å². The summed E-state index contributed by atoms with van der Waals surface area (Å²) in [5.74, 6) is 0.300. The van der Waals surface area contributed by atoms with Crippen molar-refractivity contribution in [2.24, 2.45) is 5.92 Å². The van der Waals surface area contributed by atoms with Gasteiger partial charge in [0.1, 0.15) is 0 Å². The lowest BCUT2D eigenvalue weighted by molar-refractivity contribution is -0.126. The number of benzene rings is 2. The SMILES string of the molecule is Cc1ccc(N2CCC(C(=O)N[C@H](C)c3ccc(C(C)(C)C)cc3)CC2)cc1. The van der Waals surface area contributed by atoms with Crippen molar-refractivity contribution in [1.29, 1.82) is 0 Å². The fraction of sp³-hybridized carbons (Fsp3) is 0.480. The quantitative estimate of drug-likeness (QED) is 0.774. The second kappa shape index (κ2) is 8.38. The largest absolute Gasteiger partial charge is 0.371 e. The Morgan fingerprint density at radius 1 is 1.00 bits per heavy atom. The molecular formula is C25H34N2O. The summed E-state index contributed by atoms with van der Waals surface area (Å²) in [4.78, 5) is 15.2. The van der Waals surface area contributed by atoms with Crippen LogP contribution in [0.4, 0.5) is 5.69 Å². The molecule has 1 atom stereocenters. The molecule has 3 heteroatoms. The van der Waals surface area contributed by atoms with E-state index in [9.17, 15) is 4.79 Å². The molecule has 0 spiro atoms. The standard InChI is InChI=1S/C25H34N2O/c1-18-6-12-23(13-7-18)27-16-14-21(15-17-27)24(28)26-19(2)20-8-10-22(11-9-20)25(3,4)5/h6-13,19,21H,14-17H2,1-5H3,(H,26,28)/t19-/m1/s1. The van der Waals surface area contributed by atoms with Gasteiger partial charge in [0.25, 0.3) is 0 Å². The number of nitrogens with one attached hydrogen (secondary N) is 1. The molecule has 0 bridgehead atoms. The van der Waals surface area contributed by atoms with Gasteiger partial charge in [-0.25, -0.2) is 0 Å². The third-order valence-electron chi connectivity index (χ3n) is 5.90. The molecule has 0 aromatic heterocycles. The van der Waals surface area contributed by atoms with E-state index in [1.54, 1.807) is 0 Å². The highest BCUT2D eigenvalue weighted by Crippen LogP contribution is 2.26. The Morgan fingerprint density at radius 3 is 2.11 bits per heavy atom. The number of carbonyl (C=O) groups is 1. The van der Waals surface area contributed by atoms with Crippen LogP contribution in [0.3, 0.4) is 0 Å². The minimum atomic E-state index is 0.0386. The second-order valence-corrected chi connectivity index (χ2v) is 9.20. The predicted molar refractivity (Wildman–Crippen MR) is 118 cm³/mol. The smallest absolute Gasteiger partial charge is 0.223 e. The Balaban J connectivity index is 1.53. The number of aryl methyl sites for hydroxylation is 1. The van der Waals surface area contributed by atoms with Crippen LogP contribution in [-0.4, -0.2) is 19.0 Å². The van der Waals surface area contributed by atoms with Crippen molar-refractivity contribution in [1.82, 2.24) is 5.32 Å². The summed E-state index contributed by atoms with van der Waals surface area (Å²) in [6, 6.07) is 17.4. The Morgan fingerprint density at radius 2 is 1.57 bits per heavy atom. The number of nitrogens with zero attached hydrogens (tertiary/aromatic N) is 1. The van der Waals surface area contributed by atoms with E-state index in [-0.39, 0.29) is 23.3 Å². The molecule has 1 aliphatic heterocycles. The van der Waals surface area contributed by atoms with Gasteiger partial charge in [-0.15, -0.1) is 0 Å². The summed E-state index contributed by atoms with van der Waals surface area (Å²) in [7, 11) is 0. The Kier molecular flexibility index (Phi) is 6.12. The third kappa shape index (κ3) is 4.95. The maximum atomic E-state index is 12.8. The number of carbonyl (C=O) groups excluding carboxylic acids is 1. The summed E-state index contributed by atoms with van der Waals surface area (Å²) in [6.45, 7) is 12.7. The molecule has 3 nitrogen and oxygen atoms in total. The number of amides is 1. The highest BCUT2D eigenvalue weighted by atomic mass is 16.1. The van der Waals surface area contributed by atoms with Crippen molar-refractivity contribution in [3.63, 3.8) is 0 Å². The lowest BCUT2D eigenvalue weighted by atomic mass is 9.86. The molecule has 1 N–H and O–H groups in total. The average molecular weight is 379 g/mol. The van der Waals surface area contributed by atoms with Crippen molar-refractivity contribution in [2.75, 3.05) is 18.0 Å². The summed E-state index contributed by atoms with van der Waals surface area (Å²) in [6.07, 6.45) is 1.82. The van der Waals surface area contributed by atoms with Crippen LogP contribution in [0.5, 0.6) is 0 Å². The van der Waals surface area contributed by atoms with E-state index in [1.807, 2.05) is 0 Å². The summed E-state index contributed by atoms with van der Waals surface area (Å²) in [5.41, 5.74) is 5.17. The highest BCUT2D eigenvalue weighted by molar-refractivity contribution is 5.79. The summed E-state index contributed by atoms with van der Waals surface area (Å²) in [5, 5.41) is 3.23. The van der Waals surface area contributed by atoms with Gasteiger partial charge in [0, 0.05) is 24.7 Å². The molecule has 1 saturated heterocycles. The van der Waals surface area contributed by atoms with Crippen LogP contribution >= 0.6 is 0 Å². The number of piperidine rings is 1. The van der Waals surface area contributed by atoms with E-state index in [0.717, 1.165) is 25.9 Å². The van der Waals surface area contributed by atoms with E-state index < -0.39 is 0 Å². The maximum absolute atomic E-state index is 12.8. The lowest BCUT2D eigenvalue weighted by Gasteiger charge is -2.33. The van der Waals surface area contributed by atoms with Gasteiger partial charge in [-0.2, -0.15) is 0 Å². The zero-order valence-corrected chi connectivity index (χ0v) is 18.0. The summed E-state index contributed by atoms with van der Waals surface area (Å²) < 4.78 is 0. The van der Waals surface area contributed by atoms with Crippen LogP contribution in [-0.2, 0) is 10.2 Å². The van der Waals surface area contributed by atoms with E-state index in [4.69, 9.17) is 0 Å². The normalized spacial score (nSPS) is 16.7. The predicted octanol–water partition coefficient (Wildman–Crippen LogP) is 5.39. The van der Waals surface area contributed by atoms with Gasteiger partial charge in [0.15, 0.2) is 0 Å². The van der Waals surface area contributed by atoms with E-state index in [0.29, 0.717) is 0 Å². The number of hydrogen-bond donors (Lipinski definition) is 1. The monoisotopic (exact) mass is 378 g/mol. The molecule has 0 unspecified atom stereocenters.